The molecule has 2 rings (SSSR count). The molecule has 0 aliphatic carbocycles. The molecular weight excluding hydrogens is 448 g/mol. The number of carbonyl (C=O) groups is 2. The standard InChI is InChI=1S/C20H34O13/c1-2-30-13(24)5-3-4-9(23)6-10-14(25)17(28)19(12(8-22)31-10)33-20-18(29)16(27)15(26)11(7-21)32-20/h10-12,14-22,25-29H,2-8H2,1H3/t10-,11?,12?,14?,15-,16?,17?,18?,19+,20-/m0/s1. The van der Waals surface area contributed by atoms with Gasteiger partial charge in [0.2, 0.25) is 0 Å². The van der Waals surface area contributed by atoms with Gasteiger partial charge in [-0.25, -0.2) is 0 Å². The quantitative estimate of drug-likeness (QED) is 0.142. The molecule has 0 aromatic carbocycles. The van der Waals surface area contributed by atoms with Gasteiger partial charge >= 0.3 is 5.97 Å². The van der Waals surface area contributed by atoms with E-state index in [9.17, 15) is 45.3 Å². The molecule has 2 aliphatic rings. The van der Waals surface area contributed by atoms with Crippen molar-refractivity contribution in [2.45, 2.75) is 93.8 Å². The fourth-order valence-electron chi connectivity index (χ4n) is 3.82. The molecular formula is C20H34O13. The monoisotopic (exact) mass is 482 g/mol. The van der Waals surface area contributed by atoms with Crippen LogP contribution in [0.15, 0.2) is 0 Å². The highest BCUT2D eigenvalue weighted by Crippen LogP contribution is 2.30. The Bertz CT molecular complexity index is 627. The number of Topliss-reactive ketones (excluding diaryl/α,β-unsaturated/α-hetero) is 1. The zero-order valence-electron chi connectivity index (χ0n) is 18.3. The van der Waals surface area contributed by atoms with Crippen molar-refractivity contribution in [3.63, 3.8) is 0 Å². The molecule has 192 valence electrons. The maximum atomic E-state index is 12.2. The predicted molar refractivity (Wildman–Crippen MR) is 107 cm³/mol. The van der Waals surface area contributed by atoms with E-state index in [0.29, 0.717) is 0 Å². The number of aliphatic hydroxyl groups is 7. The van der Waals surface area contributed by atoms with Gasteiger partial charge in [-0.3, -0.25) is 9.59 Å². The first kappa shape index (κ1) is 28.0. The molecule has 13 nitrogen and oxygen atoms in total. The summed E-state index contributed by atoms with van der Waals surface area (Å²) in [5, 5.41) is 69.8. The number of carbonyl (C=O) groups excluding carboxylic acids is 2. The van der Waals surface area contributed by atoms with Crippen LogP contribution in [0.2, 0.25) is 0 Å². The van der Waals surface area contributed by atoms with Crippen LogP contribution in [0.1, 0.15) is 32.6 Å². The third kappa shape index (κ3) is 7.11. The van der Waals surface area contributed by atoms with Crippen LogP contribution in [-0.2, 0) is 28.5 Å². The number of hydrogen-bond donors (Lipinski definition) is 7. The number of esters is 1. The number of rotatable bonds is 11. The molecule has 0 aromatic rings. The van der Waals surface area contributed by atoms with Gasteiger partial charge in [-0.1, -0.05) is 0 Å². The molecule has 0 spiro atoms. The van der Waals surface area contributed by atoms with Gasteiger partial charge in [-0.15, -0.1) is 0 Å². The van der Waals surface area contributed by atoms with Crippen molar-refractivity contribution in [3.05, 3.63) is 0 Å². The third-order valence-corrected chi connectivity index (χ3v) is 5.67. The maximum Gasteiger partial charge on any atom is 0.305 e. The van der Waals surface area contributed by atoms with Crippen LogP contribution in [0.5, 0.6) is 0 Å². The van der Waals surface area contributed by atoms with Crippen LogP contribution in [0.3, 0.4) is 0 Å². The lowest BCUT2D eigenvalue weighted by atomic mass is 9.91. The molecule has 0 amide bonds. The number of ketones is 1. The highest BCUT2D eigenvalue weighted by atomic mass is 16.7. The lowest BCUT2D eigenvalue weighted by molar-refractivity contribution is -0.341. The topological polar surface area (TPSA) is 213 Å². The first-order valence-corrected chi connectivity index (χ1v) is 10.9. The number of ether oxygens (including phenoxy) is 4. The number of aliphatic hydroxyl groups excluding tert-OH is 7. The van der Waals surface area contributed by atoms with Crippen LogP contribution < -0.4 is 0 Å². The minimum atomic E-state index is -1.76. The average molecular weight is 482 g/mol. The average Bonchev–Trinajstić information content (AvgIpc) is 2.78. The van der Waals surface area contributed by atoms with E-state index < -0.39 is 80.4 Å². The summed E-state index contributed by atoms with van der Waals surface area (Å²) in [5.41, 5.74) is 0. The molecule has 0 radical (unpaired) electrons. The van der Waals surface area contributed by atoms with Gasteiger partial charge in [0.25, 0.3) is 0 Å². The van der Waals surface area contributed by atoms with Crippen molar-refractivity contribution in [3.8, 4) is 0 Å². The normalized spacial score (nSPS) is 39.3. The summed E-state index contributed by atoms with van der Waals surface area (Å²) in [7, 11) is 0. The SMILES string of the molecule is CCOC(=O)CCCC(=O)C[C@@H]1OC(CO)[C@@H](O[C@@H]2OC(CO)[C@H](O)C(O)C2O)C(O)C1O. The summed E-state index contributed by atoms with van der Waals surface area (Å²) in [6.45, 7) is 0.532. The van der Waals surface area contributed by atoms with Crippen molar-refractivity contribution >= 4 is 11.8 Å². The lowest BCUT2D eigenvalue weighted by Gasteiger charge is -2.46. The van der Waals surface area contributed by atoms with Gasteiger partial charge < -0.3 is 54.7 Å². The van der Waals surface area contributed by atoms with E-state index in [1.165, 1.54) is 0 Å². The molecule has 2 aliphatic heterocycles. The summed E-state index contributed by atoms with van der Waals surface area (Å²) >= 11 is 0. The largest absolute Gasteiger partial charge is 0.466 e. The number of hydrogen-bond acceptors (Lipinski definition) is 13. The van der Waals surface area contributed by atoms with E-state index in [1.54, 1.807) is 6.92 Å². The Morgan fingerprint density at radius 2 is 1.42 bits per heavy atom. The highest BCUT2D eigenvalue weighted by molar-refractivity contribution is 5.79. The summed E-state index contributed by atoms with van der Waals surface area (Å²) in [4.78, 5) is 23.6. The second-order valence-corrected chi connectivity index (χ2v) is 8.08. The van der Waals surface area contributed by atoms with Crippen LogP contribution in [-0.4, -0.2) is 129 Å². The van der Waals surface area contributed by atoms with Crippen LogP contribution in [0.25, 0.3) is 0 Å². The maximum absolute atomic E-state index is 12.2. The Morgan fingerprint density at radius 3 is 2.03 bits per heavy atom. The van der Waals surface area contributed by atoms with E-state index in [4.69, 9.17) is 18.9 Å². The third-order valence-electron chi connectivity index (χ3n) is 5.67. The van der Waals surface area contributed by atoms with Crippen molar-refractivity contribution in [2.75, 3.05) is 19.8 Å². The Labute approximate surface area is 190 Å². The molecule has 2 fully saturated rings. The first-order chi connectivity index (χ1) is 15.6. The molecule has 2 heterocycles. The fourth-order valence-corrected chi connectivity index (χ4v) is 3.82. The minimum Gasteiger partial charge on any atom is -0.466 e. The Morgan fingerprint density at radius 1 is 0.788 bits per heavy atom. The predicted octanol–water partition coefficient (Wildman–Crippen LogP) is -3.65. The molecule has 2 saturated heterocycles. The van der Waals surface area contributed by atoms with Crippen LogP contribution in [0.4, 0.5) is 0 Å². The van der Waals surface area contributed by atoms with Crippen molar-refractivity contribution in [1.29, 1.82) is 0 Å². The van der Waals surface area contributed by atoms with E-state index >= 15 is 0 Å². The van der Waals surface area contributed by atoms with Gasteiger partial charge in [-0.05, 0) is 13.3 Å². The Hall–Kier alpha value is -1.26. The fraction of sp³-hybridized carbons (Fsp3) is 0.900. The van der Waals surface area contributed by atoms with E-state index in [1.807, 2.05) is 0 Å². The summed E-state index contributed by atoms with van der Waals surface area (Å²) in [6, 6.07) is 0. The van der Waals surface area contributed by atoms with E-state index in [2.05, 4.69) is 0 Å². The van der Waals surface area contributed by atoms with E-state index in [-0.39, 0.29) is 38.1 Å². The molecule has 10 atom stereocenters. The second kappa shape index (κ2) is 13.0. The molecule has 6 unspecified atom stereocenters. The smallest absolute Gasteiger partial charge is 0.305 e. The lowest BCUT2D eigenvalue weighted by Crippen LogP contribution is -2.64. The van der Waals surface area contributed by atoms with Gasteiger partial charge in [0, 0.05) is 19.3 Å². The molecule has 0 aromatic heterocycles. The first-order valence-electron chi connectivity index (χ1n) is 10.9. The van der Waals surface area contributed by atoms with Gasteiger partial charge in [0.15, 0.2) is 6.29 Å². The summed E-state index contributed by atoms with van der Waals surface area (Å²) < 4.78 is 21.0. The van der Waals surface area contributed by atoms with Gasteiger partial charge in [0.1, 0.15) is 54.6 Å². The zero-order valence-corrected chi connectivity index (χ0v) is 18.3. The molecule has 0 saturated carbocycles. The summed E-state index contributed by atoms with van der Waals surface area (Å²) in [5.74, 6) is -0.760. The molecule has 7 N–H and O–H groups in total. The molecule has 33 heavy (non-hydrogen) atoms. The Balaban J connectivity index is 1.96. The molecule has 13 heteroatoms. The summed E-state index contributed by atoms with van der Waals surface area (Å²) in [6.07, 6.45) is -15.0. The van der Waals surface area contributed by atoms with E-state index in [0.717, 1.165) is 0 Å². The van der Waals surface area contributed by atoms with Crippen molar-refractivity contribution in [2.24, 2.45) is 0 Å². The minimum absolute atomic E-state index is 0.0239. The molecule has 0 bridgehead atoms. The van der Waals surface area contributed by atoms with Crippen molar-refractivity contribution < 1.29 is 64.3 Å². The van der Waals surface area contributed by atoms with Gasteiger partial charge in [-0.2, -0.15) is 0 Å². The van der Waals surface area contributed by atoms with Crippen molar-refractivity contribution in [1.82, 2.24) is 0 Å². The Kier molecular flexibility index (Phi) is 11.0. The second-order valence-electron chi connectivity index (χ2n) is 8.08. The van der Waals surface area contributed by atoms with Crippen LogP contribution >= 0.6 is 0 Å². The zero-order chi connectivity index (χ0) is 24.7. The highest BCUT2D eigenvalue weighted by Gasteiger charge is 2.50. The van der Waals surface area contributed by atoms with Crippen LogP contribution in [0, 0.1) is 0 Å². The van der Waals surface area contributed by atoms with Gasteiger partial charge in [0.05, 0.1) is 25.9 Å².